The summed E-state index contributed by atoms with van der Waals surface area (Å²) in [7, 11) is -3.38. The van der Waals surface area contributed by atoms with Crippen LogP contribution in [0.3, 0.4) is 0 Å². The fraction of sp³-hybridized carbons (Fsp3) is 0.214. The molecule has 1 aromatic carbocycles. The number of hydrogen-bond donors (Lipinski definition) is 2. The third-order valence-electron chi connectivity index (χ3n) is 2.90. The monoisotopic (exact) mass is 345 g/mol. The van der Waals surface area contributed by atoms with Crippen molar-refractivity contribution in [2.75, 3.05) is 15.8 Å². The lowest BCUT2D eigenvalue weighted by Gasteiger charge is -2.10. The number of rotatable bonds is 5. The van der Waals surface area contributed by atoms with E-state index < -0.39 is 21.8 Å². The molecule has 0 radical (unpaired) electrons. The van der Waals surface area contributed by atoms with Gasteiger partial charge in [-0.2, -0.15) is 13.2 Å². The van der Waals surface area contributed by atoms with Crippen molar-refractivity contribution in [3.8, 4) is 0 Å². The fourth-order valence-electron chi connectivity index (χ4n) is 1.67. The van der Waals surface area contributed by atoms with Gasteiger partial charge < -0.3 is 5.32 Å². The summed E-state index contributed by atoms with van der Waals surface area (Å²) in [6.07, 6.45) is -3.06. The molecule has 0 aliphatic heterocycles. The number of halogens is 3. The Morgan fingerprint density at radius 3 is 2.13 bits per heavy atom. The summed E-state index contributed by atoms with van der Waals surface area (Å²) >= 11 is 0. The average molecular weight is 345 g/mol. The lowest BCUT2D eigenvalue weighted by atomic mass is 10.2. The predicted octanol–water partition coefficient (Wildman–Crippen LogP) is 3.61. The highest BCUT2D eigenvalue weighted by Gasteiger charge is 2.29. The van der Waals surface area contributed by atoms with E-state index in [9.17, 15) is 21.6 Å². The van der Waals surface area contributed by atoms with Gasteiger partial charge in [0, 0.05) is 5.69 Å². The van der Waals surface area contributed by atoms with E-state index in [-0.39, 0.29) is 5.75 Å². The third kappa shape index (κ3) is 4.85. The zero-order valence-electron chi connectivity index (χ0n) is 12.1. The Labute approximate surface area is 131 Å². The van der Waals surface area contributed by atoms with Gasteiger partial charge >= 0.3 is 6.18 Å². The standard InChI is InChI=1S/C14H14F3N3O2S/c1-2-23(21,22)20-12-7-8-13(18-9-12)19-11-5-3-10(4-6-11)14(15,16)17/h3-9,20H,2H2,1H3,(H,18,19). The number of anilines is 3. The SMILES string of the molecule is CCS(=O)(=O)Nc1ccc(Nc2ccc(C(F)(F)F)cc2)nc1. The minimum absolute atomic E-state index is 0.0570. The Balaban J connectivity index is 2.06. The zero-order chi connectivity index (χ0) is 17.1. The van der Waals surface area contributed by atoms with Crippen LogP contribution in [0, 0.1) is 0 Å². The molecule has 2 rings (SSSR count). The molecule has 9 heteroatoms. The van der Waals surface area contributed by atoms with E-state index in [0.717, 1.165) is 12.1 Å². The number of nitrogens with zero attached hydrogens (tertiary/aromatic N) is 1. The minimum atomic E-state index is -4.38. The Morgan fingerprint density at radius 2 is 1.65 bits per heavy atom. The first-order valence-corrected chi connectivity index (χ1v) is 8.25. The molecule has 1 heterocycles. The first-order valence-electron chi connectivity index (χ1n) is 6.60. The van der Waals surface area contributed by atoms with Crippen molar-refractivity contribution in [1.29, 1.82) is 0 Å². The number of alkyl halides is 3. The van der Waals surface area contributed by atoms with Crippen molar-refractivity contribution >= 4 is 27.2 Å². The van der Waals surface area contributed by atoms with Gasteiger partial charge in [-0.15, -0.1) is 0 Å². The van der Waals surface area contributed by atoms with Crippen LogP contribution in [-0.2, 0) is 16.2 Å². The number of aromatic nitrogens is 1. The third-order valence-corrected chi connectivity index (χ3v) is 4.21. The van der Waals surface area contributed by atoms with Gasteiger partial charge in [0.2, 0.25) is 10.0 Å². The Hall–Kier alpha value is -2.29. The van der Waals surface area contributed by atoms with Crippen molar-refractivity contribution in [2.24, 2.45) is 0 Å². The molecule has 0 bridgehead atoms. The summed E-state index contributed by atoms with van der Waals surface area (Å²) in [6.45, 7) is 1.51. The van der Waals surface area contributed by atoms with Crippen LogP contribution in [0.2, 0.25) is 0 Å². The number of hydrogen-bond acceptors (Lipinski definition) is 4. The lowest BCUT2D eigenvalue weighted by molar-refractivity contribution is -0.137. The minimum Gasteiger partial charge on any atom is -0.340 e. The van der Waals surface area contributed by atoms with Crippen LogP contribution < -0.4 is 10.0 Å². The first-order chi connectivity index (χ1) is 10.7. The highest BCUT2D eigenvalue weighted by atomic mass is 32.2. The smallest absolute Gasteiger partial charge is 0.340 e. The van der Waals surface area contributed by atoms with Gasteiger partial charge in [-0.1, -0.05) is 0 Å². The van der Waals surface area contributed by atoms with Crippen LogP contribution in [0.25, 0.3) is 0 Å². The number of sulfonamides is 1. The van der Waals surface area contributed by atoms with Crippen molar-refractivity contribution in [1.82, 2.24) is 4.98 Å². The van der Waals surface area contributed by atoms with Crippen LogP contribution in [-0.4, -0.2) is 19.2 Å². The second kappa shape index (κ2) is 6.45. The molecule has 0 atom stereocenters. The second-order valence-corrected chi connectivity index (χ2v) is 6.65. The maximum atomic E-state index is 12.5. The summed E-state index contributed by atoms with van der Waals surface area (Å²) in [5.74, 6) is 0.322. The second-order valence-electron chi connectivity index (χ2n) is 4.64. The van der Waals surface area contributed by atoms with Gasteiger partial charge in [0.05, 0.1) is 23.2 Å². The topological polar surface area (TPSA) is 71.1 Å². The van der Waals surface area contributed by atoms with Crippen LogP contribution in [0.1, 0.15) is 12.5 Å². The molecule has 5 nitrogen and oxygen atoms in total. The van der Waals surface area contributed by atoms with E-state index in [0.29, 0.717) is 17.2 Å². The normalized spacial score (nSPS) is 12.0. The molecule has 0 unspecified atom stereocenters. The molecule has 23 heavy (non-hydrogen) atoms. The molecule has 0 fully saturated rings. The summed E-state index contributed by atoms with van der Waals surface area (Å²) in [4.78, 5) is 4.00. The molecule has 124 valence electrons. The Kier molecular flexibility index (Phi) is 4.79. The van der Waals surface area contributed by atoms with Crippen molar-refractivity contribution in [3.05, 3.63) is 48.2 Å². The summed E-state index contributed by atoms with van der Waals surface area (Å²) < 4.78 is 62.6. The molecule has 0 aliphatic carbocycles. The maximum Gasteiger partial charge on any atom is 0.416 e. The summed E-state index contributed by atoms with van der Waals surface area (Å²) in [6, 6.07) is 7.53. The number of nitrogens with one attached hydrogen (secondary N) is 2. The van der Waals surface area contributed by atoms with Crippen molar-refractivity contribution in [3.63, 3.8) is 0 Å². The van der Waals surface area contributed by atoms with Crippen molar-refractivity contribution in [2.45, 2.75) is 13.1 Å². The van der Waals surface area contributed by atoms with E-state index in [1.54, 1.807) is 0 Å². The molecule has 0 amide bonds. The molecule has 0 aliphatic rings. The number of benzene rings is 1. The fourth-order valence-corrected chi connectivity index (χ4v) is 2.29. The molecule has 2 N–H and O–H groups in total. The van der Waals surface area contributed by atoms with E-state index in [1.165, 1.54) is 37.4 Å². The van der Waals surface area contributed by atoms with Gasteiger partial charge in [-0.25, -0.2) is 13.4 Å². The van der Waals surface area contributed by atoms with E-state index in [4.69, 9.17) is 0 Å². The molecule has 2 aromatic rings. The predicted molar refractivity (Wildman–Crippen MR) is 82.0 cm³/mol. The molecule has 0 saturated carbocycles. The highest BCUT2D eigenvalue weighted by molar-refractivity contribution is 7.92. The molecular weight excluding hydrogens is 331 g/mol. The van der Waals surface area contributed by atoms with Crippen LogP contribution in [0.15, 0.2) is 42.6 Å². The average Bonchev–Trinajstić information content (AvgIpc) is 2.49. The quantitative estimate of drug-likeness (QED) is 0.868. The van der Waals surface area contributed by atoms with Gasteiger partial charge in [0.25, 0.3) is 0 Å². The Bertz CT molecular complexity index is 757. The maximum absolute atomic E-state index is 12.5. The Morgan fingerprint density at radius 1 is 1.04 bits per heavy atom. The van der Waals surface area contributed by atoms with Gasteiger partial charge in [-0.05, 0) is 43.3 Å². The van der Waals surface area contributed by atoms with Crippen LogP contribution >= 0.6 is 0 Å². The van der Waals surface area contributed by atoms with Gasteiger partial charge in [0.15, 0.2) is 0 Å². The molecule has 1 aromatic heterocycles. The molecule has 0 spiro atoms. The molecule has 0 saturated heterocycles. The summed E-state index contributed by atoms with van der Waals surface area (Å²) in [5, 5.41) is 2.83. The van der Waals surface area contributed by atoms with Crippen molar-refractivity contribution < 1.29 is 21.6 Å². The largest absolute Gasteiger partial charge is 0.416 e. The van der Waals surface area contributed by atoms with Crippen LogP contribution in [0.4, 0.5) is 30.4 Å². The summed E-state index contributed by atoms with van der Waals surface area (Å²) in [5.41, 5.74) is 0.0116. The highest BCUT2D eigenvalue weighted by Crippen LogP contribution is 2.30. The van der Waals surface area contributed by atoms with Gasteiger partial charge in [-0.3, -0.25) is 4.72 Å². The first kappa shape index (κ1) is 17.1. The molecular formula is C14H14F3N3O2S. The zero-order valence-corrected chi connectivity index (χ0v) is 12.9. The lowest BCUT2D eigenvalue weighted by Crippen LogP contribution is -2.14. The van der Waals surface area contributed by atoms with E-state index >= 15 is 0 Å². The van der Waals surface area contributed by atoms with Gasteiger partial charge in [0.1, 0.15) is 5.82 Å². The van der Waals surface area contributed by atoms with Crippen LogP contribution in [0.5, 0.6) is 0 Å². The van der Waals surface area contributed by atoms with E-state index in [1.807, 2.05) is 0 Å². The number of pyridine rings is 1. The van der Waals surface area contributed by atoms with E-state index in [2.05, 4.69) is 15.0 Å².